The number of nitrogens with one attached hydrogen (secondary N) is 2. The van der Waals surface area contributed by atoms with Crippen molar-refractivity contribution in [1.82, 2.24) is 15.2 Å². The van der Waals surface area contributed by atoms with Crippen LogP contribution in [-0.2, 0) is 15.1 Å². The number of aromatic amines is 1. The number of fused-ring (bicyclic) bond motifs is 3. The third-order valence-corrected chi connectivity index (χ3v) is 12.5. The first-order chi connectivity index (χ1) is 23.8. The minimum Gasteiger partial charge on any atom is -0.506 e. The van der Waals surface area contributed by atoms with Crippen molar-refractivity contribution in [2.45, 2.75) is 88.1 Å². The van der Waals surface area contributed by atoms with Gasteiger partial charge < -0.3 is 35.3 Å². The highest BCUT2D eigenvalue weighted by atomic mass is 32.1. The van der Waals surface area contributed by atoms with E-state index in [0.29, 0.717) is 50.6 Å². The van der Waals surface area contributed by atoms with Crippen LogP contribution in [0.2, 0.25) is 0 Å². The van der Waals surface area contributed by atoms with E-state index in [4.69, 9.17) is 4.74 Å². The Morgan fingerprint density at radius 2 is 1.69 bits per heavy atom. The molecule has 2 fully saturated rings. The van der Waals surface area contributed by atoms with Gasteiger partial charge in [0, 0.05) is 30.0 Å². The van der Waals surface area contributed by atoms with Crippen LogP contribution >= 0.6 is 22.7 Å². The van der Waals surface area contributed by atoms with Gasteiger partial charge in [-0.2, -0.15) is 0 Å². The van der Waals surface area contributed by atoms with Crippen molar-refractivity contribution >= 4 is 39.5 Å². The van der Waals surface area contributed by atoms with Crippen LogP contribution in [0.5, 0.6) is 5.75 Å². The minimum absolute atomic E-state index is 0.00622. The number of hydrogen-bond acceptors (Lipinski definition) is 10. The molecule has 1 aromatic carbocycles. The Balaban J connectivity index is 0.852. The number of rotatable bonds is 18. The smallest absolute Gasteiger partial charge is 0.349 e. The number of nitrogens with zero attached hydrogens (tertiary/aromatic N) is 1. The number of pyridine rings is 1. The summed E-state index contributed by atoms with van der Waals surface area (Å²) in [6, 6.07) is 14.0. The maximum atomic E-state index is 13.6. The van der Waals surface area contributed by atoms with E-state index in [1.54, 1.807) is 12.1 Å². The number of hydrogen-bond donors (Lipinski definition) is 5. The first kappa shape index (κ1) is 35.8. The van der Waals surface area contributed by atoms with E-state index < -0.39 is 17.7 Å². The van der Waals surface area contributed by atoms with Crippen LogP contribution < -0.4 is 10.9 Å². The number of carbonyl (C=O) groups is 1. The van der Waals surface area contributed by atoms with Crippen molar-refractivity contribution in [3.8, 4) is 5.75 Å². The number of aliphatic hydroxyl groups is 2. The second-order valence-corrected chi connectivity index (χ2v) is 15.7. The molecule has 4 aromatic rings. The fraction of sp³-hybridized carbons (Fsp3) is 0.526. The van der Waals surface area contributed by atoms with Gasteiger partial charge in [0.15, 0.2) is 0 Å². The van der Waals surface area contributed by atoms with Gasteiger partial charge in [-0.3, -0.25) is 4.79 Å². The summed E-state index contributed by atoms with van der Waals surface area (Å²) in [5, 5.41) is 40.2. The molecule has 0 amide bonds. The number of unbranched alkanes of at least 4 members (excludes halogenated alkanes) is 6. The van der Waals surface area contributed by atoms with E-state index in [9.17, 15) is 24.9 Å². The van der Waals surface area contributed by atoms with E-state index in [-0.39, 0.29) is 17.4 Å². The molecule has 0 aliphatic heterocycles. The second kappa shape index (κ2) is 16.3. The molecule has 9 nitrogen and oxygen atoms in total. The summed E-state index contributed by atoms with van der Waals surface area (Å²) in [5.74, 6) is 0.293. The molecule has 2 aliphatic carbocycles. The van der Waals surface area contributed by atoms with Gasteiger partial charge in [0.25, 0.3) is 0 Å². The number of aromatic hydroxyl groups is 1. The minimum atomic E-state index is -1.75. The van der Waals surface area contributed by atoms with Crippen LogP contribution in [0.3, 0.4) is 0 Å². The first-order valence-corrected chi connectivity index (χ1v) is 19.5. The van der Waals surface area contributed by atoms with Crippen LogP contribution in [0, 0.1) is 11.8 Å². The number of phenolic OH excluding ortho intramolecular Hbond substituents is 1. The predicted molar refractivity (Wildman–Crippen MR) is 195 cm³/mol. The molecule has 0 spiro atoms. The van der Waals surface area contributed by atoms with E-state index in [1.807, 2.05) is 35.0 Å². The summed E-state index contributed by atoms with van der Waals surface area (Å²) >= 11 is 2.76. The lowest BCUT2D eigenvalue weighted by Gasteiger charge is -2.31. The lowest BCUT2D eigenvalue weighted by molar-refractivity contribution is -0.170. The Hall–Kier alpha value is -3.06. The zero-order valence-corrected chi connectivity index (χ0v) is 29.8. The fourth-order valence-electron chi connectivity index (χ4n) is 8.11. The standard InChI is InChI=1S/C38H49N3O6S2/c1-41(36-25-13-14-28(36)31(23-25)47-37(45)38(46,32-11-9-21-48-32)33-12-10-22-49-33)20-8-6-4-2-3-5-7-19-39-24-30(43)26-15-17-29(42)35-27(26)16-18-34(44)40-35/h9-12,15-18,21-22,25,28,30-31,36,39,42-43,46H,2-8,13-14,19-20,23-24H2,1H3,(H,40,44)/t25-,28+,30?,31+,36-/m0/s1. The van der Waals surface area contributed by atoms with Crippen LogP contribution in [-0.4, -0.2) is 70.0 Å². The van der Waals surface area contributed by atoms with E-state index in [0.717, 1.165) is 45.2 Å². The van der Waals surface area contributed by atoms with Crippen molar-refractivity contribution < 1.29 is 24.9 Å². The molecule has 3 heterocycles. The van der Waals surface area contributed by atoms with Crippen molar-refractivity contribution in [3.05, 3.63) is 85.0 Å². The van der Waals surface area contributed by atoms with Gasteiger partial charge in [0.2, 0.25) is 11.2 Å². The first-order valence-electron chi connectivity index (χ1n) is 17.7. The number of carbonyl (C=O) groups excluding carboxylic acids is 1. The van der Waals surface area contributed by atoms with Gasteiger partial charge in [-0.05, 0) is 98.7 Å². The largest absolute Gasteiger partial charge is 0.506 e. The van der Waals surface area contributed by atoms with Crippen molar-refractivity contribution in [2.24, 2.45) is 11.8 Å². The quantitative estimate of drug-likeness (QED) is 0.0602. The zero-order valence-electron chi connectivity index (χ0n) is 28.2. The molecule has 5 atom stereocenters. The summed E-state index contributed by atoms with van der Waals surface area (Å²) in [6.07, 6.45) is 10.4. The van der Waals surface area contributed by atoms with Crippen LogP contribution in [0.15, 0.2) is 64.1 Å². The highest BCUT2D eigenvalue weighted by Gasteiger charge is 2.53. The maximum absolute atomic E-state index is 13.6. The molecule has 2 bridgehead atoms. The Morgan fingerprint density at radius 1 is 1.00 bits per heavy atom. The molecule has 5 N–H and O–H groups in total. The van der Waals surface area contributed by atoms with Gasteiger partial charge in [-0.15, -0.1) is 22.7 Å². The predicted octanol–water partition coefficient (Wildman–Crippen LogP) is 6.29. The van der Waals surface area contributed by atoms with Gasteiger partial charge in [-0.25, -0.2) is 4.79 Å². The number of H-pyrrole nitrogens is 1. The summed E-state index contributed by atoms with van der Waals surface area (Å²) in [5.41, 5.74) is -1.01. The molecule has 0 saturated heterocycles. The molecule has 3 aromatic heterocycles. The molecule has 2 aliphatic rings. The molecular formula is C38H49N3O6S2. The summed E-state index contributed by atoms with van der Waals surface area (Å²) < 4.78 is 6.16. The Labute approximate surface area is 296 Å². The van der Waals surface area contributed by atoms with E-state index in [2.05, 4.69) is 22.2 Å². The summed E-state index contributed by atoms with van der Waals surface area (Å²) in [6.45, 7) is 2.28. The van der Waals surface area contributed by atoms with Crippen molar-refractivity contribution in [1.29, 1.82) is 0 Å². The van der Waals surface area contributed by atoms with Gasteiger partial charge in [0.05, 0.1) is 21.4 Å². The normalized spacial score (nSPS) is 21.1. The number of benzene rings is 1. The molecule has 1 unspecified atom stereocenters. The molecule has 6 rings (SSSR count). The van der Waals surface area contributed by atoms with E-state index in [1.165, 1.54) is 66.9 Å². The van der Waals surface area contributed by atoms with Crippen molar-refractivity contribution in [3.63, 3.8) is 0 Å². The molecule has 0 radical (unpaired) electrons. The number of esters is 1. The lowest BCUT2D eigenvalue weighted by Crippen LogP contribution is -2.42. The van der Waals surface area contributed by atoms with Crippen LogP contribution in [0.4, 0.5) is 0 Å². The molecule has 264 valence electrons. The maximum Gasteiger partial charge on any atom is 0.349 e. The Bertz CT molecular complexity index is 1670. The fourth-order valence-corrected chi connectivity index (χ4v) is 9.83. The highest BCUT2D eigenvalue weighted by Crippen LogP contribution is 2.49. The average Bonchev–Trinajstić information content (AvgIpc) is 3.93. The lowest BCUT2D eigenvalue weighted by atomic mass is 9.96. The van der Waals surface area contributed by atoms with Gasteiger partial charge >= 0.3 is 5.97 Å². The van der Waals surface area contributed by atoms with Gasteiger partial charge in [0.1, 0.15) is 11.9 Å². The summed E-state index contributed by atoms with van der Waals surface area (Å²) in [7, 11) is 2.22. The number of aromatic nitrogens is 1. The van der Waals surface area contributed by atoms with Crippen LogP contribution in [0.25, 0.3) is 10.9 Å². The van der Waals surface area contributed by atoms with E-state index >= 15 is 0 Å². The van der Waals surface area contributed by atoms with Crippen molar-refractivity contribution in [2.75, 3.05) is 26.7 Å². The molecular weight excluding hydrogens is 659 g/mol. The van der Waals surface area contributed by atoms with Crippen LogP contribution in [0.1, 0.15) is 85.6 Å². The summed E-state index contributed by atoms with van der Waals surface area (Å²) in [4.78, 5) is 31.6. The monoisotopic (exact) mass is 707 g/mol. The topological polar surface area (TPSA) is 135 Å². The molecule has 49 heavy (non-hydrogen) atoms. The third kappa shape index (κ3) is 7.97. The molecule has 11 heteroatoms. The van der Waals surface area contributed by atoms with Gasteiger partial charge in [-0.1, -0.05) is 50.3 Å². The average molecular weight is 708 g/mol. The Morgan fingerprint density at radius 3 is 2.39 bits per heavy atom. The number of ether oxygens (including phenoxy) is 1. The molecule has 2 saturated carbocycles. The third-order valence-electron chi connectivity index (χ3n) is 10.6. The zero-order chi connectivity index (χ0) is 34.4. The second-order valence-electron chi connectivity index (χ2n) is 13.8. The number of aliphatic hydroxyl groups excluding tert-OH is 1. The number of phenols is 1. The highest BCUT2D eigenvalue weighted by molar-refractivity contribution is 7.12. The number of thiophene rings is 2. The SMILES string of the molecule is CN(CCCCCCCCCNCC(O)c1ccc(O)c2[nH]c(=O)ccc12)[C@H]1[C@H]2CC[C@@H]1[C@H](OC(=O)C(O)(c1cccs1)c1cccs1)C2. The Kier molecular flexibility index (Phi) is 11.9.